The van der Waals surface area contributed by atoms with E-state index in [1.807, 2.05) is 30.3 Å². The zero-order valence-electron chi connectivity index (χ0n) is 10.3. The highest BCUT2D eigenvalue weighted by atomic mass is 19.1. The Bertz CT molecular complexity index is 540. The molecule has 0 aliphatic heterocycles. The summed E-state index contributed by atoms with van der Waals surface area (Å²) in [7, 11) is 0. The van der Waals surface area contributed by atoms with E-state index in [9.17, 15) is 9.18 Å². The normalized spacial score (nSPS) is 11.9. The largest absolute Gasteiger partial charge is 0.350 e. The second kappa shape index (κ2) is 6.11. The maximum absolute atomic E-state index is 12.7. The molecule has 0 spiro atoms. The molecule has 1 atom stereocenters. The lowest BCUT2D eigenvalue weighted by atomic mass is 10.1. The van der Waals surface area contributed by atoms with Crippen molar-refractivity contribution in [3.8, 4) is 0 Å². The Balaban J connectivity index is 1.93. The van der Waals surface area contributed by atoms with Crippen LogP contribution in [0, 0.1) is 5.82 Å². The van der Waals surface area contributed by atoms with Gasteiger partial charge in [0.15, 0.2) is 0 Å². The van der Waals surface area contributed by atoms with Crippen molar-refractivity contribution in [2.45, 2.75) is 12.6 Å². The van der Waals surface area contributed by atoms with Gasteiger partial charge in [-0.2, -0.15) is 0 Å². The molecule has 0 saturated carbocycles. The maximum atomic E-state index is 12.7. The summed E-state index contributed by atoms with van der Waals surface area (Å²) in [6.07, 6.45) is 0. The van der Waals surface area contributed by atoms with Crippen LogP contribution in [0.15, 0.2) is 54.6 Å². The van der Waals surface area contributed by atoms with Gasteiger partial charge in [-0.25, -0.2) is 4.39 Å². The predicted molar refractivity (Wildman–Crippen MR) is 71.6 cm³/mol. The van der Waals surface area contributed by atoms with Gasteiger partial charge in [-0.1, -0.05) is 42.5 Å². The molecule has 0 aromatic heterocycles. The van der Waals surface area contributed by atoms with E-state index >= 15 is 0 Å². The van der Waals surface area contributed by atoms with E-state index in [4.69, 9.17) is 5.73 Å². The highest BCUT2D eigenvalue weighted by Crippen LogP contribution is 2.10. The zero-order chi connectivity index (χ0) is 13.7. The molecule has 2 rings (SSSR count). The second-order valence-corrected chi connectivity index (χ2v) is 4.23. The van der Waals surface area contributed by atoms with Gasteiger partial charge in [-0.05, 0) is 23.3 Å². The van der Waals surface area contributed by atoms with Crippen LogP contribution in [0.25, 0.3) is 0 Å². The van der Waals surface area contributed by atoms with Gasteiger partial charge in [0.1, 0.15) is 11.9 Å². The quantitative estimate of drug-likeness (QED) is 0.882. The van der Waals surface area contributed by atoms with E-state index in [1.165, 1.54) is 12.1 Å². The minimum Gasteiger partial charge on any atom is -0.350 e. The molecule has 2 aromatic carbocycles. The number of benzene rings is 2. The summed E-state index contributed by atoms with van der Waals surface area (Å²) in [5.74, 6) is -0.549. The van der Waals surface area contributed by atoms with Crippen LogP contribution in [0.5, 0.6) is 0 Å². The number of nitrogens with two attached hydrogens (primary N) is 1. The molecule has 1 unspecified atom stereocenters. The predicted octanol–water partition coefficient (Wildman–Crippen LogP) is 2.14. The third kappa shape index (κ3) is 3.63. The highest BCUT2D eigenvalue weighted by Gasteiger charge is 2.14. The van der Waals surface area contributed by atoms with Gasteiger partial charge in [-0.3, -0.25) is 4.79 Å². The highest BCUT2D eigenvalue weighted by molar-refractivity contribution is 5.82. The number of halogens is 1. The first-order valence-electron chi connectivity index (χ1n) is 5.99. The fourth-order valence-electron chi connectivity index (χ4n) is 1.71. The van der Waals surface area contributed by atoms with Crippen LogP contribution in [-0.4, -0.2) is 5.91 Å². The number of hydrogen-bond acceptors (Lipinski definition) is 2. The number of carbonyl (C=O) groups excluding carboxylic acids is 1. The molecule has 2 aromatic rings. The molecule has 0 aliphatic carbocycles. The molecule has 0 heterocycles. The summed E-state index contributed by atoms with van der Waals surface area (Å²) in [5.41, 5.74) is 7.45. The number of carbonyl (C=O) groups is 1. The van der Waals surface area contributed by atoms with Crippen LogP contribution in [0.2, 0.25) is 0 Å². The number of hydrogen-bond donors (Lipinski definition) is 2. The molecule has 0 bridgehead atoms. The van der Waals surface area contributed by atoms with Crippen LogP contribution < -0.4 is 11.1 Å². The van der Waals surface area contributed by atoms with Crippen molar-refractivity contribution in [3.63, 3.8) is 0 Å². The molecular weight excluding hydrogens is 243 g/mol. The van der Waals surface area contributed by atoms with Crippen LogP contribution >= 0.6 is 0 Å². The Morgan fingerprint density at radius 3 is 2.37 bits per heavy atom. The first-order chi connectivity index (χ1) is 9.16. The summed E-state index contributed by atoms with van der Waals surface area (Å²) in [4.78, 5) is 11.9. The lowest BCUT2D eigenvalue weighted by Crippen LogP contribution is -2.33. The van der Waals surface area contributed by atoms with Crippen LogP contribution in [0.4, 0.5) is 4.39 Å². The number of rotatable bonds is 4. The minimum absolute atomic E-state index is 0.254. The Labute approximate surface area is 111 Å². The molecule has 0 fully saturated rings. The van der Waals surface area contributed by atoms with Gasteiger partial charge < -0.3 is 11.1 Å². The van der Waals surface area contributed by atoms with Crippen molar-refractivity contribution in [2.24, 2.45) is 5.73 Å². The molecule has 4 heteroatoms. The molecule has 3 N–H and O–H groups in total. The molecule has 1 amide bonds. The summed E-state index contributed by atoms with van der Waals surface area (Å²) in [5, 5.41) is 2.73. The summed E-state index contributed by atoms with van der Waals surface area (Å²) < 4.78 is 12.7. The SMILES string of the molecule is NC(C(=O)NCc1ccc(F)cc1)c1ccccc1. The van der Waals surface area contributed by atoms with Gasteiger partial charge in [0, 0.05) is 6.54 Å². The molecule has 3 nitrogen and oxygen atoms in total. The first kappa shape index (κ1) is 13.2. The lowest BCUT2D eigenvalue weighted by Gasteiger charge is -2.12. The van der Waals surface area contributed by atoms with E-state index in [2.05, 4.69) is 5.32 Å². The monoisotopic (exact) mass is 258 g/mol. The first-order valence-corrected chi connectivity index (χ1v) is 5.99. The van der Waals surface area contributed by atoms with Crippen molar-refractivity contribution < 1.29 is 9.18 Å². The smallest absolute Gasteiger partial charge is 0.241 e. The molecule has 98 valence electrons. The third-order valence-corrected chi connectivity index (χ3v) is 2.82. The lowest BCUT2D eigenvalue weighted by molar-refractivity contribution is -0.122. The average molecular weight is 258 g/mol. The Kier molecular flexibility index (Phi) is 4.26. The molecule has 0 radical (unpaired) electrons. The van der Waals surface area contributed by atoms with Crippen molar-refractivity contribution in [3.05, 3.63) is 71.5 Å². The van der Waals surface area contributed by atoms with E-state index in [-0.39, 0.29) is 11.7 Å². The topological polar surface area (TPSA) is 55.1 Å². The standard InChI is InChI=1S/C15H15FN2O/c16-13-8-6-11(7-9-13)10-18-15(19)14(17)12-4-2-1-3-5-12/h1-9,14H,10,17H2,(H,18,19). The maximum Gasteiger partial charge on any atom is 0.241 e. The van der Waals surface area contributed by atoms with Crippen LogP contribution in [-0.2, 0) is 11.3 Å². The van der Waals surface area contributed by atoms with Gasteiger partial charge >= 0.3 is 0 Å². The van der Waals surface area contributed by atoms with Crippen LogP contribution in [0.1, 0.15) is 17.2 Å². The molecule has 0 saturated heterocycles. The summed E-state index contributed by atoms with van der Waals surface area (Å²) >= 11 is 0. The van der Waals surface area contributed by atoms with Crippen molar-refractivity contribution in [1.29, 1.82) is 0 Å². The fraction of sp³-hybridized carbons (Fsp3) is 0.133. The molecule has 19 heavy (non-hydrogen) atoms. The molecule has 0 aliphatic rings. The van der Waals surface area contributed by atoms with E-state index in [0.29, 0.717) is 6.54 Å². The van der Waals surface area contributed by atoms with Crippen molar-refractivity contribution >= 4 is 5.91 Å². The zero-order valence-corrected chi connectivity index (χ0v) is 10.3. The van der Waals surface area contributed by atoms with Gasteiger partial charge in [0.05, 0.1) is 0 Å². The molecular formula is C15H15FN2O. The average Bonchev–Trinajstić information content (AvgIpc) is 2.46. The Morgan fingerprint density at radius 1 is 1.11 bits per heavy atom. The second-order valence-electron chi connectivity index (χ2n) is 4.23. The van der Waals surface area contributed by atoms with E-state index in [1.54, 1.807) is 12.1 Å². The number of amides is 1. The Morgan fingerprint density at radius 2 is 1.74 bits per heavy atom. The number of nitrogens with one attached hydrogen (secondary N) is 1. The Hall–Kier alpha value is -2.20. The van der Waals surface area contributed by atoms with E-state index < -0.39 is 6.04 Å². The summed E-state index contributed by atoms with van der Waals surface area (Å²) in [6, 6.07) is 14.4. The summed E-state index contributed by atoms with van der Waals surface area (Å²) in [6.45, 7) is 0.333. The van der Waals surface area contributed by atoms with Gasteiger partial charge in [0.25, 0.3) is 0 Å². The minimum atomic E-state index is -0.693. The van der Waals surface area contributed by atoms with Crippen molar-refractivity contribution in [1.82, 2.24) is 5.32 Å². The van der Waals surface area contributed by atoms with Gasteiger partial charge in [-0.15, -0.1) is 0 Å². The van der Waals surface area contributed by atoms with E-state index in [0.717, 1.165) is 11.1 Å². The van der Waals surface area contributed by atoms with Crippen LogP contribution in [0.3, 0.4) is 0 Å². The van der Waals surface area contributed by atoms with Crippen molar-refractivity contribution in [2.75, 3.05) is 0 Å². The fourth-order valence-corrected chi connectivity index (χ4v) is 1.71. The van der Waals surface area contributed by atoms with Gasteiger partial charge in [0.2, 0.25) is 5.91 Å². The third-order valence-electron chi connectivity index (χ3n) is 2.82.